The number of hydrogen-bond acceptors (Lipinski definition) is 3. The molecule has 148 valence electrons. The van der Waals surface area contributed by atoms with Gasteiger partial charge in [-0.3, -0.25) is 9.69 Å². The maximum absolute atomic E-state index is 13.2. The average Bonchev–Trinajstić information content (AvgIpc) is 2.63. The molecule has 0 aromatic heterocycles. The second kappa shape index (κ2) is 11.3. The molecule has 1 aliphatic heterocycles. The van der Waals surface area contributed by atoms with Crippen molar-refractivity contribution in [1.82, 2.24) is 9.80 Å². The van der Waals surface area contributed by atoms with Crippen LogP contribution < -0.4 is 0 Å². The van der Waals surface area contributed by atoms with E-state index in [9.17, 15) is 13.6 Å². The molecule has 0 atom stereocenters. The van der Waals surface area contributed by atoms with Crippen LogP contribution >= 0.6 is 24.8 Å². The fourth-order valence-corrected chi connectivity index (χ4v) is 3.08. The van der Waals surface area contributed by atoms with E-state index in [4.69, 9.17) is 0 Å². The number of Topliss-reactive ketones (excluding diaryl/α,β-unsaturated/α-hetero) is 1. The van der Waals surface area contributed by atoms with E-state index in [-0.39, 0.29) is 42.2 Å². The molecule has 2 aromatic carbocycles. The lowest BCUT2D eigenvalue weighted by atomic mass is 10.1. The van der Waals surface area contributed by atoms with Crippen LogP contribution in [0.2, 0.25) is 0 Å². The number of ketones is 1. The quantitative estimate of drug-likeness (QED) is 0.659. The predicted octanol–water partition coefficient (Wildman–Crippen LogP) is 4.20. The molecule has 2 aromatic rings. The molecule has 3 nitrogen and oxygen atoms in total. The molecule has 0 N–H and O–H groups in total. The summed E-state index contributed by atoms with van der Waals surface area (Å²) in [6.07, 6.45) is 0.404. The Hall–Kier alpha value is -1.53. The summed E-state index contributed by atoms with van der Waals surface area (Å²) < 4.78 is 26.1. The highest BCUT2D eigenvalue weighted by Gasteiger charge is 2.18. The van der Waals surface area contributed by atoms with Crippen molar-refractivity contribution in [3.05, 3.63) is 71.3 Å². The van der Waals surface area contributed by atoms with Crippen molar-refractivity contribution in [2.24, 2.45) is 0 Å². The zero-order valence-electron chi connectivity index (χ0n) is 14.9. The first kappa shape index (κ1) is 23.5. The molecule has 0 unspecified atom stereocenters. The Morgan fingerprint density at radius 2 is 1.48 bits per heavy atom. The first-order valence-electron chi connectivity index (χ1n) is 8.58. The summed E-state index contributed by atoms with van der Waals surface area (Å²) in [6, 6.07) is 12.5. The summed E-state index contributed by atoms with van der Waals surface area (Å²) >= 11 is 0. The van der Waals surface area contributed by atoms with Crippen molar-refractivity contribution < 1.29 is 13.6 Å². The normalized spacial score (nSPS) is 14.9. The minimum Gasteiger partial charge on any atom is -0.300 e. The van der Waals surface area contributed by atoms with Crippen LogP contribution in [0.1, 0.15) is 22.3 Å². The molecule has 0 aliphatic carbocycles. The van der Waals surface area contributed by atoms with E-state index < -0.39 is 0 Å². The first-order valence-corrected chi connectivity index (χ1v) is 8.58. The van der Waals surface area contributed by atoms with Crippen molar-refractivity contribution in [2.75, 3.05) is 32.7 Å². The Morgan fingerprint density at radius 3 is 2.11 bits per heavy atom. The Bertz CT molecular complexity index is 720. The Morgan fingerprint density at radius 1 is 0.852 bits per heavy atom. The van der Waals surface area contributed by atoms with Crippen molar-refractivity contribution in [2.45, 2.75) is 13.0 Å². The summed E-state index contributed by atoms with van der Waals surface area (Å²) in [5, 5.41) is 0. The summed E-state index contributed by atoms with van der Waals surface area (Å²) in [5.74, 6) is -0.606. The number of rotatable bonds is 6. The van der Waals surface area contributed by atoms with E-state index in [1.807, 2.05) is 12.1 Å². The van der Waals surface area contributed by atoms with Crippen LogP contribution in [0, 0.1) is 11.6 Å². The highest BCUT2D eigenvalue weighted by molar-refractivity contribution is 5.96. The number of benzene rings is 2. The summed E-state index contributed by atoms with van der Waals surface area (Å²) in [5.41, 5.74) is 1.55. The number of nitrogens with zero attached hydrogens (tertiary/aromatic N) is 2. The van der Waals surface area contributed by atoms with Crippen LogP contribution in [0.15, 0.2) is 48.5 Å². The lowest BCUT2D eigenvalue weighted by Gasteiger charge is -2.34. The minimum atomic E-state index is -0.375. The molecule has 1 saturated heterocycles. The standard InChI is InChI=1S/C20H22F2N2O.2ClH/c21-18-6-4-16(5-7-18)15-24-12-10-23(11-13-24)9-8-20(25)17-2-1-3-19(22)14-17;;/h1-7,14H,8-13,15H2;2*1H. The highest BCUT2D eigenvalue weighted by Crippen LogP contribution is 2.11. The van der Waals surface area contributed by atoms with Gasteiger partial charge in [0.25, 0.3) is 0 Å². The van der Waals surface area contributed by atoms with Gasteiger partial charge in [0.2, 0.25) is 0 Å². The van der Waals surface area contributed by atoms with Gasteiger partial charge >= 0.3 is 0 Å². The molecule has 1 fully saturated rings. The third-order valence-electron chi connectivity index (χ3n) is 4.59. The van der Waals surface area contributed by atoms with Gasteiger partial charge in [0, 0.05) is 51.3 Å². The zero-order valence-corrected chi connectivity index (χ0v) is 16.6. The maximum atomic E-state index is 13.2. The van der Waals surface area contributed by atoms with Crippen LogP contribution in [0.5, 0.6) is 0 Å². The number of carbonyl (C=O) groups is 1. The smallest absolute Gasteiger partial charge is 0.164 e. The van der Waals surface area contributed by atoms with Crippen molar-refractivity contribution in [1.29, 1.82) is 0 Å². The van der Waals surface area contributed by atoms with E-state index in [2.05, 4.69) is 9.80 Å². The van der Waals surface area contributed by atoms with Crippen molar-refractivity contribution >= 4 is 30.6 Å². The van der Waals surface area contributed by atoms with Crippen molar-refractivity contribution in [3.63, 3.8) is 0 Å². The molecule has 0 spiro atoms. The summed E-state index contributed by atoms with van der Waals surface area (Å²) in [7, 11) is 0. The molecule has 3 rings (SSSR count). The van der Waals surface area contributed by atoms with E-state index >= 15 is 0 Å². The van der Waals surface area contributed by atoms with Gasteiger partial charge in [-0.1, -0.05) is 24.3 Å². The molecule has 1 aliphatic rings. The third-order valence-corrected chi connectivity index (χ3v) is 4.59. The summed E-state index contributed by atoms with van der Waals surface area (Å²) in [4.78, 5) is 16.7. The molecule has 0 bridgehead atoms. The number of piperazine rings is 1. The molecule has 0 radical (unpaired) electrons. The topological polar surface area (TPSA) is 23.6 Å². The molecule has 0 amide bonds. The molecule has 7 heteroatoms. The van der Waals surface area contributed by atoms with Gasteiger partial charge in [-0.25, -0.2) is 8.78 Å². The fraction of sp³-hybridized carbons (Fsp3) is 0.350. The van der Waals surface area contributed by atoms with Gasteiger partial charge in [-0.2, -0.15) is 0 Å². The molecular weight excluding hydrogens is 393 g/mol. The fourth-order valence-electron chi connectivity index (χ4n) is 3.08. The van der Waals surface area contributed by atoms with Crippen LogP contribution in [0.4, 0.5) is 8.78 Å². The lowest BCUT2D eigenvalue weighted by molar-refractivity contribution is 0.0922. The Labute approximate surface area is 171 Å². The lowest BCUT2D eigenvalue weighted by Crippen LogP contribution is -2.46. The zero-order chi connectivity index (χ0) is 17.6. The minimum absolute atomic E-state index is 0. The SMILES string of the molecule is Cl.Cl.O=C(CCN1CCN(Cc2ccc(F)cc2)CC1)c1cccc(F)c1. The van der Waals surface area contributed by atoms with E-state index in [1.54, 1.807) is 12.1 Å². The van der Waals surface area contributed by atoms with E-state index in [1.165, 1.54) is 24.3 Å². The molecule has 27 heavy (non-hydrogen) atoms. The van der Waals surface area contributed by atoms with Gasteiger partial charge in [-0.05, 0) is 29.8 Å². The number of carbonyl (C=O) groups excluding carboxylic acids is 1. The van der Waals surface area contributed by atoms with Gasteiger partial charge in [0.05, 0.1) is 0 Å². The second-order valence-corrected chi connectivity index (χ2v) is 6.43. The first-order chi connectivity index (χ1) is 12.1. The Balaban J connectivity index is 0.00000182. The van der Waals surface area contributed by atoms with Crippen LogP contribution in [0.25, 0.3) is 0 Å². The molecule has 0 saturated carbocycles. The van der Waals surface area contributed by atoms with Crippen LogP contribution in [-0.2, 0) is 6.54 Å². The number of halogens is 4. The van der Waals surface area contributed by atoms with Gasteiger partial charge in [0.15, 0.2) is 5.78 Å². The second-order valence-electron chi connectivity index (χ2n) is 6.43. The highest BCUT2D eigenvalue weighted by atomic mass is 35.5. The predicted molar refractivity (Wildman–Crippen MR) is 108 cm³/mol. The largest absolute Gasteiger partial charge is 0.300 e. The Kier molecular flexibility index (Phi) is 9.88. The van der Waals surface area contributed by atoms with E-state index in [0.29, 0.717) is 18.5 Å². The van der Waals surface area contributed by atoms with Crippen LogP contribution in [0.3, 0.4) is 0 Å². The molecular formula is C20H24Cl2F2N2O. The van der Waals surface area contributed by atoms with Gasteiger partial charge in [0.1, 0.15) is 11.6 Å². The molecule has 1 heterocycles. The van der Waals surface area contributed by atoms with Gasteiger partial charge in [-0.15, -0.1) is 24.8 Å². The third kappa shape index (κ3) is 7.18. The van der Waals surface area contributed by atoms with Crippen molar-refractivity contribution in [3.8, 4) is 0 Å². The summed E-state index contributed by atoms with van der Waals surface area (Å²) in [6.45, 7) is 5.16. The van der Waals surface area contributed by atoms with Gasteiger partial charge < -0.3 is 4.90 Å². The number of hydrogen-bond donors (Lipinski definition) is 0. The average molecular weight is 417 g/mol. The van der Waals surface area contributed by atoms with E-state index in [0.717, 1.165) is 38.3 Å². The monoisotopic (exact) mass is 416 g/mol. The van der Waals surface area contributed by atoms with Crippen LogP contribution in [-0.4, -0.2) is 48.3 Å². The maximum Gasteiger partial charge on any atom is 0.164 e.